The fourth-order valence-electron chi connectivity index (χ4n) is 3.71. The van der Waals surface area contributed by atoms with Gasteiger partial charge in [-0.3, -0.25) is 19.3 Å². The summed E-state index contributed by atoms with van der Waals surface area (Å²) < 4.78 is 42.5. The Labute approximate surface area is 256 Å². The van der Waals surface area contributed by atoms with Crippen molar-refractivity contribution >= 4 is 73.9 Å². The van der Waals surface area contributed by atoms with Crippen LogP contribution in [0.15, 0.2) is 70.5 Å². The first-order chi connectivity index (χ1) is 20.0. The van der Waals surface area contributed by atoms with Crippen molar-refractivity contribution in [1.82, 2.24) is 4.90 Å². The molecule has 42 heavy (non-hydrogen) atoms. The van der Waals surface area contributed by atoms with Gasteiger partial charge in [0.15, 0.2) is 5.75 Å². The standard InChI is InChI=1S/C28H24Cl2N2O8S2/c1-3-38-24-15-18(14-23(30)26(24)40-42(36,37)22-10-6-20(7-11-22)31-17(2)33)16-25-27(34)32(28(35)41-25)12-13-39-21-8-4-19(29)5-9-21/h4-11,14-16H,3,12-13H2,1-2H3,(H,31,33)/b25-16-. The highest BCUT2D eigenvalue weighted by Gasteiger charge is 2.35. The maximum atomic E-state index is 13.0. The molecule has 0 aliphatic carbocycles. The number of ether oxygens (including phenoxy) is 2. The lowest BCUT2D eigenvalue weighted by molar-refractivity contribution is -0.123. The molecule has 0 saturated carbocycles. The third kappa shape index (κ3) is 7.77. The molecule has 1 fully saturated rings. The molecule has 3 aromatic carbocycles. The molecule has 3 amide bonds. The number of amides is 3. The summed E-state index contributed by atoms with van der Waals surface area (Å²) in [5, 5.41) is 2.55. The van der Waals surface area contributed by atoms with Gasteiger partial charge in [0.2, 0.25) is 11.7 Å². The smallest absolute Gasteiger partial charge is 0.339 e. The third-order valence-corrected chi connectivity index (χ3v) is 8.23. The Morgan fingerprint density at radius 3 is 2.36 bits per heavy atom. The highest BCUT2D eigenvalue weighted by molar-refractivity contribution is 8.18. The predicted octanol–water partition coefficient (Wildman–Crippen LogP) is 6.23. The monoisotopic (exact) mass is 650 g/mol. The number of rotatable bonds is 11. The maximum Gasteiger partial charge on any atom is 0.339 e. The Kier molecular flexibility index (Phi) is 10.0. The maximum absolute atomic E-state index is 13.0. The summed E-state index contributed by atoms with van der Waals surface area (Å²) in [5.74, 6) is -0.488. The molecule has 220 valence electrons. The first kappa shape index (κ1) is 31.2. The minimum absolute atomic E-state index is 0.0188. The molecule has 1 heterocycles. The van der Waals surface area contributed by atoms with E-state index in [1.165, 1.54) is 49.4 Å². The molecule has 0 aromatic heterocycles. The van der Waals surface area contributed by atoms with E-state index in [-0.39, 0.29) is 52.0 Å². The number of anilines is 1. The number of carbonyl (C=O) groups excluding carboxylic acids is 3. The largest absolute Gasteiger partial charge is 0.492 e. The van der Waals surface area contributed by atoms with E-state index in [4.69, 9.17) is 36.9 Å². The molecule has 0 unspecified atom stereocenters. The molecule has 1 N–H and O–H groups in total. The number of hydrogen-bond donors (Lipinski definition) is 1. The second-order valence-electron chi connectivity index (χ2n) is 8.64. The van der Waals surface area contributed by atoms with Crippen LogP contribution in [-0.2, 0) is 19.7 Å². The molecule has 0 radical (unpaired) electrons. The molecule has 10 nitrogen and oxygen atoms in total. The van der Waals surface area contributed by atoms with Crippen LogP contribution in [0.3, 0.4) is 0 Å². The minimum atomic E-state index is -4.33. The summed E-state index contributed by atoms with van der Waals surface area (Å²) in [5.41, 5.74) is 0.799. The van der Waals surface area contributed by atoms with Crippen LogP contribution in [0.5, 0.6) is 17.2 Å². The van der Waals surface area contributed by atoms with Crippen molar-refractivity contribution in [3.63, 3.8) is 0 Å². The van der Waals surface area contributed by atoms with Gasteiger partial charge in [-0.05, 0) is 91.0 Å². The van der Waals surface area contributed by atoms with Crippen LogP contribution < -0.4 is 19.0 Å². The summed E-state index contributed by atoms with van der Waals surface area (Å²) in [7, 11) is -4.33. The number of nitrogens with one attached hydrogen (secondary N) is 1. The van der Waals surface area contributed by atoms with Crippen molar-refractivity contribution in [1.29, 1.82) is 0 Å². The van der Waals surface area contributed by atoms with Crippen molar-refractivity contribution in [3.05, 3.63) is 81.2 Å². The summed E-state index contributed by atoms with van der Waals surface area (Å²) in [6.45, 7) is 3.30. The van der Waals surface area contributed by atoms with Crippen molar-refractivity contribution < 1.29 is 36.5 Å². The van der Waals surface area contributed by atoms with E-state index >= 15 is 0 Å². The highest BCUT2D eigenvalue weighted by atomic mass is 35.5. The lowest BCUT2D eigenvalue weighted by Gasteiger charge is -2.15. The number of imide groups is 1. The Morgan fingerprint density at radius 1 is 1.02 bits per heavy atom. The Balaban J connectivity index is 1.50. The van der Waals surface area contributed by atoms with Gasteiger partial charge in [-0.25, -0.2) is 0 Å². The van der Waals surface area contributed by atoms with E-state index in [0.717, 1.165) is 16.7 Å². The summed E-state index contributed by atoms with van der Waals surface area (Å²) >= 11 is 13.0. The first-order valence-electron chi connectivity index (χ1n) is 12.4. The van der Waals surface area contributed by atoms with Crippen LogP contribution in [0.25, 0.3) is 6.08 Å². The summed E-state index contributed by atoms with van der Waals surface area (Å²) in [4.78, 5) is 37.7. The van der Waals surface area contributed by atoms with Gasteiger partial charge in [0, 0.05) is 17.6 Å². The van der Waals surface area contributed by atoms with Gasteiger partial charge < -0.3 is 19.0 Å². The Morgan fingerprint density at radius 2 is 1.71 bits per heavy atom. The normalized spacial score (nSPS) is 14.3. The quantitative estimate of drug-likeness (QED) is 0.189. The van der Waals surface area contributed by atoms with Gasteiger partial charge >= 0.3 is 10.1 Å². The topological polar surface area (TPSA) is 128 Å². The molecule has 4 rings (SSSR count). The average Bonchev–Trinajstić information content (AvgIpc) is 3.19. The minimum Gasteiger partial charge on any atom is -0.492 e. The van der Waals surface area contributed by atoms with E-state index < -0.39 is 21.3 Å². The predicted molar refractivity (Wildman–Crippen MR) is 161 cm³/mol. The van der Waals surface area contributed by atoms with Crippen LogP contribution in [0, 0.1) is 0 Å². The van der Waals surface area contributed by atoms with Gasteiger partial charge in [-0.2, -0.15) is 8.42 Å². The van der Waals surface area contributed by atoms with Crippen molar-refractivity contribution in [2.75, 3.05) is 25.1 Å². The Bertz CT molecular complexity index is 1640. The summed E-state index contributed by atoms with van der Waals surface area (Å²) in [6, 6.07) is 14.9. The molecular formula is C28H24Cl2N2O8S2. The van der Waals surface area contributed by atoms with E-state index in [2.05, 4.69) is 5.32 Å². The van der Waals surface area contributed by atoms with E-state index in [1.807, 2.05) is 0 Å². The molecule has 0 bridgehead atoms. The molecule has 1 aliphatic heterocycles. The Hall–Kier alpha value is -3.71. The van der Waals surface area contributed by atoms with Crippen LogP contribution >= 0.6 is 35.0 Å². The molecular weight excluding hydrogens is 627 g/mol. The molecule has 0 spiro atoms. The lowest BCUT2D eigenvalue weighted by Crippen LogP contribution is -2.32. The average molecular weight is 652 g/mol. The zero-order valence-corrected chi connectivity index (χ0v) is 25.4. The van der Waals surface area contributed by atoms with E-state index in [1.54, 1.807) is 31.2 Å². The second kappa shape index (κ2) is 13.5. The van der Waals surface area contributed by atoms with Crippen molar-refractivity contribution in [2.24, 2.45) is 0 Å². The van der Waals surface area contributed by atoms with E-state index in [9.17, 15) is 22.8 Å². The van der Waals surface area contributed by atoms with Crippen LogP contribution in [0.2, 0.25) is 10.0 Å². The van der Waals surface area contributed by atoms with E-state index in [0.29, 0.717) is 22.0 Å². The fraction of sp³-hybridized carbons (Fsp3) is 0.179. The number of nitrogens with zero attached hydrogens (tertiary/aromatic N) is 1. The van der Waals surface area contributed by atoms with Crippen molar-refractivity contribution in [3.8, 4) is 17.2 Å². The SMILES string of the molecule is CCOc1cc(/C=C2\SC(=O)N(CCOc3ccc(Cl)cc3)C2=O)cc(Cl)c1OS(=O)(=O)c1ccc(NC(C)=O)cc1. The van der Waals surface area contributed by atoms with Gasteiger partial charge in [-0.1, -0.05) is 23.2 Å². The van der Waals surface area contributed by atoms with Gasteiger partial charge in [0.1, 0.15) is 17.3 Å². The molecule has 3 aromatic rings. The zero-order valence-electron chi connectivity index (χ0n) is 22.3. The van der Waals surface area contributed by atoms with Crippen LogP contribution in [-0.4, -0.2) is 50.1 Å². The lowest BCUT2D eigenvalue weighted by atomic mass is 10.2. The third-order valence-electron chi connectivity index (χ3n) is 5.56. The highest BCUT2D eigenvalue weighted by Crippen LogP contribution is 2.40. The van der Waals surface area contributed by atoms with Crippen LogP contribution in [0.4, 0.5) is 10.5 Å². The number of benzene rings is 3. The molecule has 14 heteroatoms. The number of halogens is 2. The first-order valence-corrected chi connectivity index (χ1v) is 15.4. The zero-order chi connectivity index (χ0) is 30.4. The van der Waals surface area contributed by atoms with Gasteiger partial charge in [0.05, 0.1) is 23.1 Å². The molecule has 0 atom stereocenters. The molecule has 1 aliphatic rings. The second-order valence-corrected chi connectivity index (χ2v) is 12.0. The van der Waals surface area contributed by atoms with Gasteiger partial charge in [-0.15, -0.1) is 0 Å². The molecule has 1 saturated heterocycles. The number of carbonyl (C=O) groups is 3. The fourth-order valence-corrected chi connectivity index (χ4v) is 5.96. The summed E-state index contributed by atoms with van der Waals surface area (Å²) in [6.07, 6.45) is 1.46. The van der Waals surface area contributed by atoms with Crippen LogP contribution in [0.1, 0.15) is 19.4 Å². The number of hydrogen-bond acceptors (Lipinski definition) is 9. The van der Waals surface area contributed by atoms with Crippen molar-refractivity contribution in [2.45, 2.75) is 18.7 Å². The van der Waals surface area contributed by atoms with Gasteiger partial charge in [0.25, 0.3) is 11.1 Å². The number of thioether (sulfide) groups is 1.